The third kappa shape index (κ3) is 5.53. The van der Waals surface area contributed by atoms with E-state index in [4.69, 9.17) is 28.4 Å². The molecule has 0 amide bonds. The van der Waals surface area contributed by atoms with Gasteiger partial charge in [0, 0.05) is 12.3 Å². The molecule has 0 spiro atoms. The van der Waals surface area contributed by atoms with Gasteiger partial charge in [0.05, 0.1) is 37.7 Å². The average molecular weight is 670 g/mol. The maximum atomic E-state index is 13.3. The maximum absolute atomic E-state index is 13.3. The lowest BCUT2D eigenvalue weighted by atomic mass is 9.97. The Kier molecular flexibility index (Phi) is 7.49. The van der Waals surface area contributed by atoms with Gasteiger partial charge in [0.2, 0.25) is 0 Å². The fourth-order valence-corrected chi connectivity index (χ4v) is 8.07. The van der Waals surface area contributed by atoms with E-state index in [9.17, 15) is 27.8 Å². The third-order valence-corrected chi connectivity index (χ3v) is 10.2. The summed E-state index contributed by atoms with van der Waals surface area (Å²) in [5, 5.41) is 10.3. The number of nitrogens with two attached hydrogens (primary N) is 1. The van der Waals surface area contributed by atoms with E-state index in [1.807, 2.05) is 0 Å². The number of anilines is 1. The number of aryl methyl sites for hydroxylation is 1. The number of imidazole rings is 2. The van der Waals surface area contributed by atoms with Crippen LogP contribution in [0.5, 0.6) is 0 Å². The van der Waals surface area contributed by atoms with E-state index in [-0.39, 0.29) is 35.6 Å². The first kappa shape index (κ1) is 30.3. The van der Waals surface area contributed by atoms with E-state index < -0.39 is 85.3 Å². The van der Waals surface area contributed by atoms with Crippen molar-refractivity contribution < 1.29 is 45.7 Å². The number of fused-ring (bicyclic) bond motifs is 5. The lowest BCUT2D eigenvalue weighted by Gasteiger charge is -2.26. The van der Waals surface area contributed by atoms with Crippen LogP contribution in [-0.2, 0) is 37.4 Å². The van der Waals surface area contributed by atoms with Crippen LogP contribution in [0.2, 0.25) is 0 Å². The van der Waals surface area contributed by atoms with Crippen molar-refractivity contribution >= 4 is 46.1 Å². The molecule has 7 heterocycles. The molecule has 3 fully saturated rings. The summed E-state index contributed by atoms with van der Waals surface area (Å²) in [7, 11) is -9.17. The molecule has 242 valence electrons. The molecule has 3 saturated heterocycles. The SMILES string of the molecule is Cc1nc2c(ncn2C2OC3CCS(=O)(=O)OC4CC(n5cnc6c(N)ncnc65)OC4COP(=O)(O)OC2C3CO)c(=O)[nH]1. The second-order valence-corrected chi connectivity index (χ2v) is 14.0. The van der Waals surface area contributed by atoms with Crippen LogP contribution in [0.25, 0.3) is 22.3 Å². The predicted molar refractivity (Wildman–Crippen MR) is 150 cm³/mol. The molecule has 4 aromatic heterocycles. The summed E-state index contributed by atoms with van der Waals surface area (Å²) in [6.45, 7) is 0.348. The first-order valence-corrected chi connectivity index (χ1v) is 16.9. The van der Waals surface area contributed by atoms with Gasteiger partial charge in [-0.25, -0.2) is 29.5 Å². The number of hydrogen-bond acceptors (Lipinski definition) is 16. The van der Waals surface area contributed by atoms with Crippen molar-refractivity contribution in [2.24, 2.45) is 5.92 Å². The normalized spacial score (nSPS) is 33.9. The number of rotatable bonds is 3. The maximum Gasteiger partial charge on any atom is 0.472 e. The molecule has 0 saturated carbocycles. The molecule has 20 nitrogen and oxygen atoms in total. The quantitative estimate of drug-likeness (QED) is 0.154. The van der Waals surface area contributed by atoms with Gasteiger partial charge >= 0.3 is 7.82 Å². The molecule has 7 rings (SSSR count). The third-order valence-electron chi connectivity index (χ3n) is 7.99. The van der Waals surface area contributed by atoms with Gasteiger partial charge in [-0.1, -0.05) is 0 Å². The van der Waals surface area contributed by atoms with Crippen molar-refractivity contribution in [3.8, 4) is 0 Å². The highest BCUT2D eigenvalue weighted by Gasteiger charge is 2.51. The van der Waals surface area contributed by atoms with Crippen LogP contribution in [-0.4, -0.2) is 101 Å². The molecule has 45 heavy (non-hydrogen) atoms. The standard InChI is InChI=1S/C23H28N9O11PS/c1-10-29-21-17(22(34)30-10)28-9-32(21)23-18-11(5-33)12(41-23)2-3-45(37,38)43-13-4-15(40-14(13)6-39-44(35,36)42-18)31-8-27-16-19(24)25-7-26-20(16)31/h7-9,11-15,18,23,33H,2-6H2,1H3,(H,35,36)(H2,24,25,26)(H,29,30,34). The Bertz CT molecular complexity index is 1980. The highest BCUT2D eigenvalue weighted by atomic mass is 32.2. The van der Waals surface area contributed by atoms with E-state index in [1.165, 1.54) is 28.1 Å². The molecule has 0 aliphatic carbocycles. The molecule has 0 aromatic carbocycles. The summed E-state index contributed by atoms with van der Waals surface area (Å²) >= 11 is 0. The van der Waals surface area contributed by atoms with E-state index in [0.29, 0.717) is 11.2 Å². The molecule has 3 aliphatic rings. The molecule has 5 N–H and O–H groups in total. The number of hydrogen-bond donors (Lipinski definition) is 4. The minimum absolute atomic E-state index is 0.0116. The van der Waals surface area contributed by atoms with E-state index in [0.717, 1.165) is 0 Å². The van der Waals surface area contributed by atoms with E-state index >= 15 is 0 Å². The van der Waals surface area contributed by atoms with Crippen LogP contribution in [0, 0.1) is 12.8 Å². The van der Waals surface area contributed by atoms with Gasteiger partial charge in [-0.15, -0.1) is 0 Å². The zero-order valence-electron chi connectivity index (χ0n) is 23.4. The Hall–Kier alpha value is -3.40. The summed E-state index contributed by atoms with van der Waals surface area (Å²) < 4.78 is 71.3. The monoisotopic (exact) mass is 669 g/mol. The molecule has 22 heteroatoms. The minimum atomic E-state index is -4.93. The van der Waals surface area contributed by atoms with Gasteiger partial charge in [0.15, 0.2) is 28.9 Å². The number of nitrogen functional groups attached to an aromatic ring is 1. The number of nitrogens with one attached hydrogen (secondary N) is 1. The summed E-state index contributed by atoms with van der Waals surface area (Å²) in [6.07, 6.45) is -2.99. The molecule has 0 radical (unpaired) electrons. The van der Waals surface area contributed by atoms with Gasteiger partial charge in [-0.05, 0) is 13.3 Å². The zero-order chi connectivity index (χ0) is 31.7. The summed E-state index contributed by atoms with van der Waals surface area (Å²) in [5.74, 6) is -1.11. The van der Waals surface area contributed by atoms with Gasteiger partial charge in [-0.2, -0.15) is 8.42 Å². The molecule has 4 aromatic rings. The van der Waals surface area contributed by atoms with Crippen molar-refractivity contribution in [2.45, 2.75) is 56.6 Å². The Balaban J connectivity index is 1.21. The lowest BCUT2D eigenvalue weighted by molar-refractivity contribution is -0.0540. The fraction of sp³-hybridized carbons (Fsp3) is 0.565. The summed E-state index contributed by atoms with van der Waals surface area (Å²) in [5.41, 5.74) is 6.06. The van der Waals surface area contributed by atoms with E-state index in [2.05, 4.69) is 29.9 Å². The molecule has 2 bridgehead atoms. The number of H-pyrrole nitrogens is 1. The van der Waals surface area contributed by atoms with Crippen LogP contribution >= 0.6 is 7.82 Å². The highest BCUT2D eigenvalue weighted by molar-refractivity contribution is 7.86. The Morgan fingerprint density at radius 2 is 1.87 bits per heavy atom. The molecule has 3 aliphatic heterocycles. The molecular weight excluding hydrogens is 641 g/mol. The van der Waals surface area contributed by atoms with Crippen LogP contribution in [0.1, 0.15) is 31.1 Å². The van der Waals surface area contributed by atoms with Crippen molar-refractivity contribution in [3.63, 3.8) is 0 Å². The van der Waals surface area contributed by atoms with Crippen molar-refractivity contribution in [1.29, 1.82) is 0 Å². The lowest BCUT2D eigenvalue weighted by Crippen LogP contribution is -2.32. The number of phosphoric ester groups is 1. The first-order valence-electron chi connectivity index (χ1n) is 13.8. The van der Waals surface area contributed by atoms with Crippen LogP contribution < -0.4 is 11.3 Å². The average Bonchev–Trinajstić information content (AvgIpc) is 3.74. The number of aromatic amines is 1. The van der Waals surface area contributed by atoms with Crippen LogP contribution in [0.15, 0.2) is 23.8 Å². The number of aliphatic hydroxyl groups is 1. The number of nitrogens with zero attached hydrogens (tertiary/aromatic N) is 7. The molecule has 8 atom stereocenters. The van der Waals surface area contributed by atoms with Crippen molar-refractivity contribution in [3.05, 3.63) is 35.2 Å². The van der Waals surface area contributed by atoms with E-state index in [1.54, 1.807) is 6.92 Å². The van der Waals surface area contributed by atoms with Gasteiger partial charge in [-0.3, -0.25) is 27.2 Å². The Labute approximate surface area is 253 Å². The smallest absolute Gasteiger partial charge is 0.396 e. The Morgan fingerprint density at radius 1 is 1.09 bits per heavy atom. The fourth-order valence-electron chi connectivity index (χ4n) is 5.91. The summed E-state index contributed by atoms with van der Waals surface area (Å²) in [4.78, 5) is 46.5. The first-order chi connectivity index (χ1) is 21.4. The predicted octanol–water partition coefficient (Wildman–Crippen LogP) is -0.736. The minimum Gasteiger partial charge on any atom is -0.396 e. The second kappa shape index (κ2) is 11.1. The topological polar surface area (TPSA) is 271 Å². The number of aliphatic hydroxyl groups excluding tert-OH is 1. The molecular formula is C23H28N9O11PS. The van der Waals surface area contributed by atoms with Gasteiger partial charge < -0.3 is 30.2 Å². The number of ether oxygens (including phenoxy) is 2. The second-order valence-electron chi connectivity index (χ2n) is 10.9. The van der Waals surface area contributed by atoms with Crippen molar-refractivity contribution in [2.75, 3.05) is 24.7 Å². The molecule has 8 unspecified atom stereocenters. The number of phosphoric acid groups is 1. The van der Waals surface area contributed by atoms with Crippen molar-refractivity contribution in [1.82, 2.24) is 39.0 Å². The Morgan fingerprint density at radius 3 is 2.67 bits per heavy atom. The van der Waals surface area contributed by atoms with Gasteiger partial charge in [0.25, 0.3) is 15.7 Å². The van der Waals surface area contributed by atoms with Crippen LogP contribution in [0.4, 0.5) is 5.82 Å². The summed E-state index contributed by atoms with van der Waals surface area (Å²) in [6, 6.07) is 0. The van der Waals surface area contributed by atoms with Gasteiger partial charge in [0.1, 0.15) is 42.2 Å². The zero-order valence-corrected chi connectivity index (χ0v) is 25.2. The highest BCUT2D eigenvalue weighted by Crippen LogP contribution is 2.52. The van der Waals surface area contributed by atoms with Crippen LogP contribution in [0.3, 0.4) is 0 Å². The largest absolute Gasteiger partial charge is 0.472 e. The number of aromatic nitrogens is 8.